The van der Waals surface area contributed by atoms with Gasteiger partial charge >= 0.3 is 0 Å². The molecule has 2 aliphatic heterocycles. The van der Waals surface area contributed by atoms with E-state index in [1.165, 1.54) is 30.3 Å². The number of piperidine rings is 1. The molecule has 2 fully saturated rings. The Morgan fingerprint density at radius 2 is 1.52 bits per heavy atom. The van der Waals surface area contributed by atoms with Crippen LogP contribution in [0.4, 0.5) is 0 Å². The predicted molar refractivity (Wildman–Crippen MR) is 109 cm³/mol. The highest BCUT2D eigenvalue weighted by molar-refractivity contribution is 5.64. The van der Waals surface area contributed by atoms with Crippen LogP contribution >= 0.6 is 0 Å². The maximum Gasteiger partial charge on any atom is 0.155 e. The van der Waals surface area contributed by atoms with E-state index in [0.29, 0.717) is 0 Å². The lowest BCUT2D eigenvalue weighted by Crippen LogP contribution is -2.60. The molecule has 0 aromatic heterocycles. The molecule has 3 nitrogen and oxygen atoms in total. The number of likely N-dealkylation sites (tertiary alicyclic amines) is 2. The van der Waals surface area contributed by atoms with E-state index in [1.807, 2.05) is 0 Å². The van der Waals surface area contributed by atoms with Crippen LogP contribution < -0.4 is 0 Å². The lowest BCUT2D eigenvalue weighted by Gasteiger charge is -2.46. The van der Waals surface area contributed by atoms with Crippen LogP contribution in [-0.4, -0.2) is 41.4 Å². The van der Waals surface area contributed by atoms with Gasteiger partial charge in [0.2, 0.25) is 0 Å². The van der Waals surface area contributed by atoms with Gasteiger partial charge in [-0.1, -0.05) is 60.7 Å². The highest BCUT2D eigenvalue weighted by atomic mass is 16.1. The molecule has 2 aromatic rings. The molecule has 0 spiro atoms. The summed E-state index contributed by atoms with van der Waals surface area (Å²) >= 11 is 0. The van der Waals surface area contributed by atoms with Crippen LogP contribution in [0, 0.1) is 5.92 Å². The van der Waals surface area contributed by atoms with Crippen molar-refractivity contribution in [3.8, 4) is 0 Å². The van der Waals surface area contributed by atoms with E-state index >= 15 is 0 Å². The van der Waals surface area contributed by atoms with Crippen LogP contribution in [0.2, 0.25) is 0 Å². The number of nitrogens with zero attached hydrogens (tertiary/aromatic N) is 2. The molecule has 0 saturated carbocycles. The SMILES string of the molecule is O=C[C@@]1(N2CCC(Cc3ccccc3)CC2)CCCN1Cc1ccccc1. The Hall–Kier alpha value is -1.97. The third-order valence-corrected chi connectivity index (χ3v) is 6.45. The van der Waals surface area contributed by atoms with Crippen molar-refractivity contribution in [3.05, 3.63) is 71.8 Å². The van der Waals surface area contributed by atoms with Crippen molar-refractivity contribution in [3.63, 3.8) is 0 Å². The molecule has 3 heteroatoms. The fraction of sp³-hybridized carbons (Fsp3) is 0.458. The van der Waals surface area contributed by atoms with Crippen molar-refractivity contribution in [2.45, 2.75) is 44.3 Å². The second-order valence-corrected chi connectivity index (χ2v) is 8.13. The van der Waals surface area contributed by atoms with Gasteiger partial charge in [-0.05, 0) is 49.1 Å². The zero-order valence-corrected chi connectivity index (χ0v) is 16.1. The molecule has 142 valence electrons. The first-order valence-electron chi connectivity index (χ1n) is 10.3. The van der Waals surface area contributed by atoms with Crippen LogP contribution in [0.25, 0.3) is 0 Å². The molecule has 1 atom stereocenters. The summed E-state index contributed by atoms with van der Waals surface area (Å²) in [6, 6.07) is 21.4. The molecule has 2 aliphatic rings. The summed E-state index contributed by atoms with van der Waals surface area (Å²) in [5, 5.41) is 0. The van der Waals surface area contributed by atoms with Gasteiger partial charge in [-0.2, -0.15) is 0 Å². The number of benzene rings is 2. The first-order chi connectivity index (χ1) is 13.3. The van der Waals surface area contributed by atoms with E-state index < -0.39 is 5.66 Å². The summed E-state index contributed by atoms with van der Waals surface area (Å²) < 4.78 is 0. The molecule has 0 unspecified atom stereocenters. The normalized spacial score (nSPS) is 24.9. The van der Waals surface area contributed by atoms with Gasteiger partial charge in [-0.15, -0.1) is 0 Å². The number of hydrogen-bond acceptors (Lipinski definition) is 3. The van der Waals surface area contributed by atoms with Gasteiger partial charge in [-0.25, -0.2) is 0 Å². The van der Waals surface area contributed by atoms with Gasteiger partial charge in [0.1, 0.15) is 5.66 Å². The topological polar surface area (TPSA) is 23.6 Å². The second kappa shape index (κ2) is 8.37. The Labute approximate surface area is 163 Å². The minimum Gasteiger partial charge on any atom is -0.300 e. The van der Waals surface area contributed by atoms with Crippen LogP contribution in [0.1, 0.15) is 36.8 Å². The van der Waals surface area contributed by atoms with Gasteiger partial charge in [0.25, 0.3) is 0 Å². The van der Waals surface area contributed by atoms with Crippen molar-refractivity contribution in [1.82, 2.24) is 9.80 Å². The van der Waals surface area contributed by atoms with Gasteiger partial charge in [0.15, 0.2) is 6.29 Å². The van der Waals surface area contributed by atoms with Crippen LogP contribution in [-0.2, 0) is 17.8 Å². The number of aldehydes is 1. The molecule has 2 aromatic carbocycles. The fourth-order valence-electron chi connectivity index (χ4n) is 4.94. The monoisotopic (exact) mass is 362 g/mol. The lowest BCUT2D eigenvalue weighted by atomic mass is 9.88. The van der Waals surface area contributed by atoms with Gasteiger partial charge in [0, 0.05) is 26.2 Å². The van der Waals surface area contributed by atoms with E-state index in [0.717, 1.165) is 51.4 Å². The maximum atomic E-state index is 12.3. The summed E-state index contributed by atoms with van der Waals surface area (Å²) in [6.07, 6.45) is 6.84. The third kappa shape index (κ3) is 3.99. The summed E-state index contributed by atoms with van der Waals surface area (Å²) in [5.74, 6) is 0.733. The average molecular weight is 363 g/mol. The van der Waals surface area contributed by atoms with Gasteiger partial charge in [-0.3, -0.25) is 14.6 Å². The molecule has 0 N–H and O–H groups in total. The molecule has 4 rings (SSSR count). The number of hydrogen-bond donors (Lipinski definition) is 0. The minimum atomic E-state index is -0.395. The highest BCUT2D eigenvalue weighted by Gasteiger charge is 2.46. The molecule has 27 heavy (non-hydrogen) atoms. The van der Waals surface area contributed by atoms with Crippen LogP contribution in [0.5, 0.6) is 0 Å². The minimum absolute atomic E-state index is 0.395. The van der Waals surface area contributed by atoms with E-state index in [2.05, 4.69) is 70.5 Å². The van der Waals surface area contributed by atoms with E-state index in [9.17, 15) is 4.79 Å². The molecule has 0 aliphatic carbocycles. The largest absolute Gasteiger partial charge is 0.300 e. The van der Waals surface area contributed by atoms with Crippen molar-refractivity contribution < 1.29 is 4.79 Å². The van der Waals surface area contributed by atoms with Crippen LogP contribution in [0.15, 0.2) is 60.7 Å². The van der Waals surface area contributed by atoms with E-state index in [4.69, 9.17) is 0 Å². The molecule has 0 radical (unpaired) electrons. The molecule has 2 heterocycles. The first-order valence-corrected chi connectivity index (χ1v) is 10.3. The average Bonchev–Trinajstić information content (AvgIpc) is 3.14. The first kappa shape index (κ1) is 18.4. The highest BCUT2D eigenvalue weighted by Crippen LogP contribution is 2.36. The maximum absolute atomic E-state index is 12.3. The fourth-order valence-corrected chi connectivity index (χ4v) is 4.94. The number of carbonyl (C=O) groups is 1. The zero-order chi connectivity index (χ0) is 18.5. The molecular weight excluding hydrogens is 332 g/mol. The Bertz CT molecular complexity index is 725. The summed E-state index contributed by atoms with van der Waals surface area (Å²) in [6.45, 7) is 3.93. The third-order valence-electron chi connectivity index (χ3n) is 6.45. The second-order valence-electron chi connectivity index (χ2n) is 8.13. The van der Waals surface area contributed by atoms with Gasteiger partial charge < -0.3 is 0 Å². The van der Waals surface area contributed by atoms with Crippen molar-refractivity contribution >= 4 is 6.29 Å². The lowest BCUT2D eigenvalue weighted by molar-refractivity contribution is -0.132. The Morgan fingerprint density at radius 1 is 0.889 bits per heavy atom. The van der Waals surface area contributed by atoms with Crippen molar-refractivity contribution in [2.24, 2.45) is 5.92 Å². The standard InChI is InChI=1S/C24H30N2O/c27-20-24(14-7-15-26(24)19-23-10-5-2-6-11-23)25-16-12-22(13-17-25)18-21-8-3-1-4-9-21/h1-6,8-11,20,22H,7,12-19H2/t24-/m1/s1. The number of carbonyl (C=O) groups excluding carboxylic acids is 1. The Balaban J connectivity index is 1.41. The molecule has 0 bridgehead atoms. The van der Waals surface area contributed by atoms with E-state index in [1.54, 1.807) is 0 Å². The predicted octanol–water partition coefficient (Wildman–Crippen LogP) is 4.13. The van der Waals surface area contributed by atoms with Crippen LogP contribution in [0.3, 0.4) is 0 Å². The van der Waals surface area contributed by atoms with Gasteiger partial charge in [0.05, 0.1) is 0 Å². The molecule has 2 saturated heterocycles. The van der Waals surface area contributed by atoms with Crippen molar-refractivity contribution in [1.29, 1.82) is 0 Å². The smallest absolute Gasteiger partial charge is 0.155 e. The summed E-state index contributed by atoms with van der Waals surface area (Å²) in [4.78, 5) is 17.2. The zero-order valence-electron chi connectivity index (χ0n) is 16.1. The quantitative estimate of drug-likeness (QED) is 0.722. The number of rotatable bonds is 6. The Kier molecular flexibility index (Phi) is 5.70. The van der Waals surface area contributed by atoms with E-state index in [-0.39, 0.29) is 0 Å². The van der Waals surface area contributed by atoms with Crippen molar-refractivity contribution in [2.75, 3.05) is 19.6 Å². The molecule has 0 amide bonds. The molecular formula is C24H30N2O. The summed E-state index contributed by atoms with van der Waals surface area (Å²) in [5.41, 5.74) is 2.34. The summed E-state index contributed by atoms with van der Waals surface area (Å²) in [7, 11) is 0. The Morgan fingerprint density at radius 3 is 2.15 bits per heavy atom.